The van der Waals surface area contributed by atoms with Crippen LogP contribution in [0.5, 0.6) is 5.75 Å². The molecule has 0 aliphatic carbocycles. The first-order valence-corrected chi connectivity index (χ1v) is 12.7. The summed E-state index contributed by atoms with van der Waals surface area (Å²) in [7, 11) is -3.66. The number of hydrogen-bond acceptors (Lipinski definition) is 5. The van der Waals surface area contributed by atoms with E-state index in [0.29, 0.717) is 18.9 Å². The van der Waals surface area contributed by atoms with E-state index in [4.69, 9.17) is 4.74 Å². The zero-order chi connectivity index (χ0) is 22.8. The summed E-state index contributed by atoms with van der Waals surface area (Å²) in [6.45, 7) is 6.15. The molecule has 0 radical (unpaired) electrons. The van der Waals surface area contributed by atoms with Crippen LogP contribution >= 0.6 is 0 Å². The minimum absolute atomic E-state index is 0.0378. The molecule has 0 atom stereocenters. The third-order valence-electron chi connectivity index (χ3n) is 5.46. The van der Waals surface area contributed by atoms with Crippen molar-refractivity contribution in [2.75, 3.05) is 26.2 Å². The van der Waals surface area contributed by atoms with Gasteiger partial charge in [-0.05, 0) is 68.2 Å². The molecule has 7 nitrogen and oxygen atoms in total. The second kappa shape index (κ2) is 12.0. The second-order valence-electron chi connectivity index (χ2n) is 7.98. The molecular formula is C24H33N3O4S. The highest BCUT2D eigenvalue weighted by Gasteiger charge is 2.14. The number of carbonyl (C=O) groups is 1. The normalized spacial score (nSPS) is 14.8. The van der Waals surface area contributed by atoms with E-state index in [1.165, 1.54) is 50.0 Å². The van der Waals surface area contributed by atoms with Crippen LogP contribution in [0.1, 0.15) is 43.7 Å². The second-order valence-corrected chi connectivity index (χ2v) is 9.75. The zero-order valence-electron chi connectivity index (χ0n) is 18.7. The number of piperidine rings is 1. The Labute approximate surface area is 191 Å². The molecule has 0 bridgehead atoms. The third-order valence-corrected chi connectivity index (χ3v) is 6.93. The fraction of sp³-hybridized carbons (Fsp3) is 0.458. The van der Waals surface area contributed by atoms with Crippen LogP contribution < -0.4 is 14.8 Å². The fourth-order valence-corrected chi connectivity index (χ4v) is 4.72. The van der Waals surface area contributed by atoms with Crippen molar-refractivity contribution in [3.8, 4) is 5.75 Å². The van der Waals surface area contributed by atoms with Crippen molar-refractivity contribution in [2.24, 2.45) is 0 Å². The molecule has 0 spiro atoms. The van der Waals surface area contributed by atoms with Crippen molar-refractivity contribution >= 4 is 15.9 Å². The molecule has 2 N–H and O–H groups in total. The Morgan fingerprint density at radius 3 is 2.28 bits per heavy atom. The topological polar surface area (TPSA) is 87.7 Å². The first-order chi connectivity index (χ1) is 15.5. The van der Waals surface area contributed by atoms with Gasteiger partial charge in [0.05, 0.1) is 11.5 Å². The van der Waals surface area contributed by atoms with E-state index in [2.05, 4.69) is 27.1 Å². The summed E-state index contributed by atoms with van der Waals surface area (Å²) in [5.74, 6) is 0.419. The largest absolute Gasteiger partial charge is 0.494 e. The summed E-state index contributed by atoms with van der Waals surface area (Å²) in [6, 6.07) is 14.5. The molecule has 2 aromatic rings. The lowest BCUT2D eigenvalue weighted by molar-refractivity contribution is -0.121. The third kappa shape index (κ3) is 7.62. The van der Waals surface area contributed by atoms with Crippen LogP contribution in [0.2, 0.25) is 0 Å². The van der Waals surface area contributed by atoms with E-state index < -0.39 is 10.0 Å². The number of hydrogen-bond donors (Lipinski definition) is 2. The number of benzene rings is 2. The van der Waals surface area contributed by atoms with Gasteiger partial charge in [-0.15, -0.1) is 0 Å². The number of carbonyl (C=O) groups excluding carboxylic acids is 1. The summed E-state index contributed by atoms with van der Waals surface area (Å²) in [6.07, 6.45) is 3.96. The first-order valence-electron chi connectivity index (χ1n) is 11.3. The number of nitrogens with one attached hydrogen (secondary N) is 2. The molecule has 174 valence electrons. The molecule has 8 heteroatoms. The number of sulfonamides is 1. The van der Waals surface area contributed by atoms with Crippen LogP contribution in [-0.2, 0) is 27.9 Å². The zero-order valence-corrected chi connectivity index (χ0v) is 19.5. The van der Waals surface area contributed by atoms with Gasteiger partial charge in [-0.25, -0.2) is 13.1 Å². The molecule has 0 saturated carbocycles. The fourth-order valence-electron chi connectivity index (χ4n) is 3.69. The molecular weight excluding hydrogens is 426 g/mol. The Balaban J connectivity index is 1.38. The molecule has 1 saturated heterocycles. The van der Waals surface area contributed by atoms with Crippen molar-refractivity contribution in [1.82, 2.24) is 14.9 Å². The highest BCUT2D eigenvalue weighted by atomic mass is 32.2. The van der Waals surface area contributed by atoms with Crippen LogP contribution in [0.4, 0.5) is 0 Å². The van der Waals surface area contributed by atoms with E-state index in [9.17, 15) is 13.2 Å². The molecule has 1 heterocycles. The molecule has 1 aliphatic heterocycles. The summed E-state index contributed by atoms with van der Waals surface area (Å²) in [5, 5.41) is 2.85. The standard InChI is InChI=1S/C24H33N3O4S/c1-2-31-22-10-12-23(13-11-22)32(29,30)26-15-14-24(28)25-18-20-6-8-21(9-7-20)19-27-16-4-3-5-17-27/h6-13,26H,2-5,14-19H2,1H3,(H,25,28). The van der Waals surface area contributed by atoms with Gasteiger partial charge in [-0.1, -0.05) is 30.7 Å². The number of amides is 1. The van der Waals surface area contributed by atoms with Crippen molar-refractivity contribution in [3.05, 3.63) is 59.7 Å². The molecule has 0 aromatic heterocycles. The minimum Gasteiger partial charge on any atom is -0.494 e. The summed E-state index contributed by atoms with van der Waals surface area (Å²) < 4.78 is 32.5. The number of nitrogens with zero attached hydrogens (tertiary/aromatic N) is 1. The quantitative estimate of drug-likeness (QED) is 0.539. The highest BCUT2D eigenvalue weighted by Crippen LogP contribution is 2.16. The Bertz CT molecular complexity index is 954. The number of ether oxygens (including phenoxy) is 1. The SMILES string of the molecule is CCOc1ccc(S(=O)(=O)NCCC(=O)NCc2ccc(CN3CCCCC3)cc2)cc1. The number of rotatable bonds is 11. The van der Waals surface area contributed by atoms with Crippen molar-refractivity contribution in [1.29, 1.82) is 0 Å². The van der Waals surface area contributed by atoms with Crippen LogP contribution in [0.25, 0.3) is 0 Å². The van der Waals surface area contributed by atoms with E-state index in [-0.39, 0.29) is 23.8 Å². The van der Waals surface area contributed by atoms with Gasteiger partial charge in [0.25, 0.3) is 0 Å². The van der Waals surface area contributed by atoms with Gasteiger partial charge in [0.2, 0.25) is 15.9 Å². The van der Waals surface area contributed by atoms with Gasteiger partial charge in [0, 0.05) is 26.1 Å². The van der Waals surface area contributed by atoms with E-state index >= 15 is 0 Å². The van der Waals surface area contributed by atoms with E-state index in [1.54, 1.807) is 12.1 Å². The molecule has 2 aromatic carbocycles. The Hall–Kier alpha value is -2.42. The predicted molar refractivity (Wildman–Crippen MR) is 125 cm³/mol. The van der Waals surface area contributed by atoms with Gasteiger partial charge < -0.3 is 10.1 Å². The van der Waals surface area contributed by atoms with Crippen molar-refractivity contribution < 1.29 is 17.9 Å². The maximum atomic E-state index is 12.3. The van der Waals surface area contributed by atoms with Crippen LogP contribution in [0, 0.1) is 0 Å². The number of likely N-dealkylation sites (tertiary alicyclic amines) is 1. The molecule has 1 aliphatic rings. The Morgan fingerprint density at radius 1 is 0.969 bits per heavy atom. The molecule has 1 fully saturated rings. The van der Waals surface area contributed by atoms with Gasteiger partial charge in [-0.3, -0.25) is 9.69 Å². The average molecular weight is 460 g/mol. The van der Waals surface area contributed by atoms with Crippen LogP contribution in [0.15, 0.2) is 53.4 Å². The maximum Gasteiger partial charge on any atom is 0.240 e. The van der Waals surface area contributed by atoms with Crippen molar-refractivity contribution in [3.63, 3.8) is 0 Å². The Kier molecular flexibility index (Phi) is 9.08. The Morgan fingerprint density at radius 2 is 1.62 bits per heavy atom. The van der Waals surface area contributed by atoms with Crippen molar-refractivity contribution in [2.45, 2.75) is 50.6 Å². The molecule has 32 heavy (non-hydrogen) atoms. The van der Waals surface area contributed by atoms with E-state index in [1.807, 2.05) is 19.1 Å². The first kappa shape index (κ1) is 24.2. The lowest BCUT2D eigenvalue weighted by Gasteiger charge is -2.26. The van der Waals surface area contributed by atoms with Gasteiger partial charge in [0.1, 0.15) is 5.75 Å². The maximum absolute atomic E-state index is 12.3. The lowest BCUT2D eigenvalue weighted by atomic mass is 10.1. The summed E-state index contributed by atoms with van der Waals surface area (Å²) in [4.78, 5) is 14.7. The van der Waals surface area contributed by atoms with Gasteiger partial charge in [0.15, 0.2) is 0 Å². The van der Waals surface area contributed by atoms with Gasteiger partial charge in [-0.2, -0.15) is 0 Å². The minimum atomic E-state index is -3.66. The smallest absolute Gasteiger partial charge is 0.240 e. The summed E-state index contributed by atoms with van der Waals surface area (Å²) in [5.41, 5.74) is 2.31. The average Bonchev–Trinajstić information content (AvgIpc) is 2.80. The molecule has 0 unspecified atom stereocenters. The van der Waals surface area contributed by atoms with E-state index in [0.717, 1.165) is 12.1 Å². The molecule has 1 amide bonds. The van der Waals surface area contributed by atoms with Crippen LogP contribution in [0.3, 0.4) is 0 Å². The molecule has 3 rings (SSSR count). The monoisotopic (exact) mass is 459 g/mol. The van der Waals surface area contributed by atoms with Crippen LogP contribution in [-0.4, -0.2) is 45.5 Å². The van der Waals surface area contributed by atoms with Gasteiger partial charge >= 0.3 is 0 Å². The lowest BCUT2D eigenvalue weighted by Crippen LogP contribution is -2.30. The highest BCUT2D eigenvalue weighted by molar-refractivity contribution is 7.89. The summed E-state index contributed by atoms with van der Waals surface area (Å²) >= 11 is 0. The predicted octanol–water partition coefficient (Wildman–Crippen LogP) is 3.06.